The van der Waals surface area contributed by atoms with Crippen LogP contribution in [-0.2, 0) is 11.2 Å². The first-order chi connectivity index (χ1) is 8.37. The molecule has 0 atom stereocenters. The largest absolute Gasteiger partial charge is 0.361 e. The van der Waals surface area contributed by atoms with Crippen LogP contribution in [-0.4, -0.2) is 16.4 Å². The molecule has 0 aliphatic heterocycles. The van der Waals surface area contributed by atoms with Gasteiger partial charge in [0, 0.05) is 34.6 Å². The predicted molar refractivity (Wildman–Crippen MR) is 74.9 cm³/mol. The van der Waals surface area contributed by atoms with Gasteiger partial charge in [0.2, 0.25) is 5.91 Å². The second-order valence-corrected chi connectivity index (χ2v) is 5.68. The van der Waals surface area contributed by atoms with Crippen LogP contribution in [0.15, 0.2) is 24.4 Å². The highest BCUT2D eigenvalue weighted by Gasteiger charge is 2.20. The Morgan fingerprint density at radius 1 is 1.44 bits per heavy atom. The van der Waals surface area contributed by atoms with E-state index in [-0.39, 0.29) is 11.4 Å². The van der Waals surface area contributed by atoms with Gasteiger partial charge in [0.1, 0.15) is 0 Å². The number of nitrogens with one attached hydrogen (secondary N) is 2. The van der Waals surface area contributed by atoms with Crippen LogP contribution in [0.2, 0.25) is 5.02 Å². The molecule has 0 radical (unpaired) electrons. The SMILES string of the molecule is CC(=O)NC(C)(C)Cc1c[nH]c2cc(Cl)ccc12. The molecule has 2 rings (SSSR count). The minimum absolute atomic E-state index is 0.0112. The molecule has 2 aromatic rings. The Hall–Kier alpha value is -1.48. The van der Waals surface area contributed by atoms with Gasteiger partial charge in [-0.05, 0) is 38.0 Å². The summed E-state index contributed by atoms with van der Waals surface area (Å²) in [6.07, 6.45) is 2.75. The van der Waals surface area contributed by atoms with Gasteiger partial charge in [-0.1, -0.05) is 17.7 Å². The first-order valence-electron chi connectivity index (χ1n) is 5.92. The number of aromatic amines is 1. The number of carbonyl (C=O) groups excluding carboxylic acids is 1. The van der Waals surface area contributed by atoms with Crippen molar-refractivity contribution in [3.05, 3.63) is 35.0 Å². The molecule has 2 N–H and O–H groups in total. The first kappa shape index (κ1) is 13.0. The van der Waals surface area contributed by atoms with Crippen LogP contribution < -0.4 is 5.32 Å². The fraction of sp³-hybridized carbons (Fsp3) is 0.357. The zero-order valence-corrected chi connectivity index (χ0v) is 11.6. The summed E-state index contributed by atoms with van der Waals surface area (Å²) < 4.78 is 0. The monoisotopic (exact) mass is 264 g/mol. The molecule has 0 unspecified atom stereocenters. The molecule has 0 saturated heterocycles. The smallest absolute Gasteiger partial charge is 0.217 e. The highest BCUT2D eigenvalue weighted by molar-refractivity contribution is 6.31. The van der Waals surface area contributed by atoms with Gasteiger partial charge < -0.3 is 10.3 Å². The summed E-state index contributed by atoms with van der Waals surface area (Å²) in [7, 11) is 0. The van der Waals surface area contributed by atoms with E-state index < -0.39 is 0 Å². The number of carbonyl (C=O) groups is 1. The standard InChI is InChI=1S/C14H17ClN2O/c1-9(18)17-14(2,3)7-10-8-16-13-6-11(15)4-5-12(10)13/h4-6,8,16H,7H2,1-3H3,(H,17,18). The second-order valence-electron chi connectivity index (χ2n) is 5.25. The third kappa shape index (κ3) is 2.85. The topological polar surface area (TPSA) is 44.9 Å². The maximum absolute atomic E-state index is 11.2. The number of fused-ring (bicyclic) bond motifs is 1. The van der Waals surface area contributed by atoms with Gasteiger partial charge in [0.25, 0.3) is 0 Å². The van der Waals surface area contributed by atoms with Crippen LogP contribution in [0.5, 0.6) is 0 Å². The van der Waals surface area contributed by atoms with Crippen molar-refractivity contribution in [3.8, 4) is 0 Å². The average molecular weight is 265 g/mol. The summed E-state index contributed by atoms with van der Waals surface area (Å²) in [6, 6.07) is 5.80. The van der Waals surface area contributed by atoms with Gasteiger partial charge in [-0.3, -0.25) is 4.79 Å². The maximum Gasteiger partial charge on any atom is 0.217 e. The Labute approximate surface area is 112 Å². The lowest BCUT2D eigenvalue weighted by atomic mass is 9.94. The van der Waals surface area contributed by atoms with Gasteiger partial charge >= 0.3 is 0 Å². The summed E-state index contributed by atoms with van der Waals surface area (Å²) in [4.78, 5) is 14.4. The average Bonchev–Trinajstić information content (AvgIpc) is 2.57. The van der Waals surface area contributed by atoms with E-state index in [9.17, 15) is 4.79 Å². The van der Waals surface area contributed by atoms with Crippen molar-refractivity contribution in [2.45, 2.75) is 32.7 Å². The number of H-pyrrole nitrogens is 1. The van der Waals surface area contributed by atoms with Crippen LogP contribution in [0.25, 0.3) is 10.9 Å². The minimum Gasteiger partial charge on any atom is -0.361 e. The van der Waals surface area contributed by atoms with Gasteiger partial charge in [0.15, 0.2) is 0 Å². The van der Waals surface area contributed by atoms with Crippen LogP contribution in [0.4, 0.5) is 0 Å². The summed E-state index contributed by atoms with van der Waals surface area (Å²) in [5, 5.41) is 4.82. The third-order valence-electron chi connectivity index (χ3n) is 2.88. The number of benzene rings is 1. The predicted octanol–water partition coefficient (Wildman–Crippen LogP) is 3.28. The molecule has 0 bridgehead atoms. The summed E-state index contributed by atoms with van der Waals surface area (Å²) in [5.74, 6) is -0.0112. The Balaban J connectivity index is 2.29. The highest BCUT2D eigenvalue weighted by Crippen LogP contribution is 2.25. The lowest BCUT2D eigenvalue weighted by Gasteiger charge is -2.25. The molecule has 0 saturated carbocycles. The molecular weight excluding hydrogens is 248 g/mol. The molecule has 0 spiro atoms. The molecule has 0 aliphatic carbocycles. The van der Waals surface area contributed by atoms with E-state index in [0.717, 1.165) is 22.3 Å². The van der Waals surface area contributed by atoms with Gasteiger partial charge in [-0.15, -0.1) is 0 Å². The molecular formula is C14H17ClN2O. The molecule has 4 heteroatoms. The van der Waals surface area contributed by atoms with E-state index in [4.69, 9.17) is 11.6 Å². The fourth-order valence-electron chi connectivity index (χ4n) is 2.30. The molecule has 3 nitrogen and oxygen atoms in total. The molecule has 0 fully saturated rings. The molecule has 18 heavy (non-hydrogen) atoms. The number of amides is 1. The summed E-state index contributed by atoms with van der Waals surface area (Å²) >= 11 is 5.95. The lowest BCUT2D eigenvalue weighted by molar-refractivity contribution is -0.120. The van der Waals surface area contributed by atoms with Crippen molar-refractivity contribution < 1.29 is 4.79 Å². The molecule has 0 aliphatic rings. The first-order valence-corrected chi connectivity index (χ1v) is 6.29. The van der Waals surface area contributed by atoms with E-state index >= 15 is 0 Å². The molecule has 1 aromatic heterocycles. The number of hydrogen-bond donors (Lipinski definition) is 2. The number of hydrogen-bond acceptors (Lipinski definition) is 1. The zero-order chi connectivity index (χ0) is 13.3. The van der Waals surface area contributed by atoms with E-state index in [1.165, 1.54) is 12.5 Å². The summed E-state index contributed by atoms with van der Waals surface area (Å²) in [5.41, 5.74) is 1.94. The van der Waals surface area contributed by atoms with E-state index in [1.807, 2.05) is 38.2 Å². The maximum atomic E-state index is 11.2. The quantitative estimate of drug-likeness (QED) is 0.878. The minimum atomic E-state index is -0.263. The molecule has 1 amide bonds. The number of halogens is 1. The van der Waals surface area contributed by atoms with Crippen molar-refractivity contribution in [1.82, 2.24) is 10.3 Å². The van der Waals surface area contributed by atoms with E-state index in [1.54, 1.807) is 0 Å². The van der Waals surface area contributed by atoms with Crippen molar-refractivity contribution in [1.29, 1.82) is 0 Å². The summed E-state index contributed by atoms with van der Waals surface area (Å²) in [6.45, 7) is 5.57. The van der Waals surface area contributed by atoms with Gasteiger partial charge in [0.05, 0.1) is 0 Å². The van der Waals surface area contributed by atoms with Crippen molar-refractivity contribution in [3.63, 3.8) is 0 Å². The Bertz CT molecular complexity index is 586. The Kier molecular flexibility index (Phi) is 3.35. The van der Waals surface area contributed by atoms with E-state index in [2.05, 4.69) is 10.3 Å². The van der Waals surface area contributed by atoms with Crippen molar-refractivity contribution in [2.75, 3.05) is 0 Å². The number of rotatable bonds is 3. The van der Waals surface area contributed by atoms with Crippen LogP contribution >= 0.6 is 11.6 Å². The zero-order valence-electron chi connectivity index (χ0n) is 10.8. The van der Waals surface area contributed by atoms with Gasteiger partial charge in [-0.2, -0.15) is 0 Å². The normalized spacial score (nSPS) is 11.8. The number of aromatic nitrogens is 1. The van der Waals surface area contributed by atoms with E-state index in [0.29, 0.717) is 0 Å². The van der Waals surface area contributed by atoms with Crippen LogP contribution in [0.1, 0.15) is 26.3 Å². The van der Waals surface area contributed by atoms with Crippen LogP contribution in [0.3, 0.4) is 0 Å². The molecule has 96 valence electrons. The Morgan fingerprint density at radius 2 is 2.17 bits per heavy atom. The lowest BCUT2D eigenvalue weighted by Crippen LogP contribution is -2.43. The van der Waals surface area contributed by atoms with Crippen molar-refractivity contribution in [2.24, 2.45) is 0 Å². The molecule has 1 aromatic carbocycles. The third-order valence-corrected chi connectivity index (χ3v) is 3.11. The fourth-order valence-corrected chi connectivity index (χ4v) is 2.47. The van der Waals surface area contributed by atoms with Gasteiger partial charge in [-0.25, -0.2) is 0 Å². The molecule has 1 heterocycles. The highest BCUT2D eigenvalue weighted by atomic mass is 35.5. The van der Waals surface area contributed by atoms with Crippen molar-refractivity contribution >= 4 is 28.4 Å². The van der Waals surface area contributed by atoms with Crippen LogP contribution in [0, 0.1) is 0 Å². The second kappa shape index (κ2) is 4.65. The Morgan fingerprint density at radius 3 is 2.83 bits per heavy atom.